The number of hydrogen-bond donors (Lipinski definition) is 3. The van der Waals surface area contributed by atoms with Crippen molar-refractivity contribution < 1.29 is 4.79 Å². The van der Waals surface area contributed by atoms with Gasteiger partial charge >= 0.3 is 0 Å². The minimum atomic E-state index is 0.0424. The zero-order valence-electron chi connectivity index (χ0n) is 13.7. The third-order valence-electron chi connectivity index (χ3n) is 3.10. The average molecular weight is 304 g/mol. The normalized spacial score (nSPS) is 11.1. The topological polar surface area (TPSA) is 65.5 Å². The van der Waals surface area contributed by atoms with Crippen LogP contribution in [0.3, 0.4) is 0 Å². The SMILES string of the molecule is CCCCN=C(NCC)NCCC(=O)NCc1ccccc1. The van der Waals surface area contributed by atoms with E-state index in [0.717, 1.165) is 37.5 Å². The van der Waals surface area contributed by atoms with E-state index in [9.17, 15) is 4.79 Å². The molecule has 0 saturated heterocycles. The lowest BCUT2D eigenvalue weighted by atomic mass is 10.2. The highest BCUT2D eigenvalue weighted by atomic mass is 16.1. The molecule has 1 rings (SSSR count). The van der Waals surface area contributed by atoms with Gasteiger partial charge in [-0.1, -0.05) is 43.7 Å². The van der Waals surface area contributed by atoms with Crippen LogP contribution in [-0.2, 0) is 11.3 Å². The van der Waals surface area contributed by atoms with E-state index in [1.54, 1.807) is 0 Å². The minimum Gasteiger partial charge on any atom is -0.357 e. The number of carbonyl (C=O) groups is 1. The third-order valence-corrected chi connectivity index (χ3v) is 3.10. The molecule has 5 nitrogen and oxygen atoms in total. The van der Waals surface area contributed by atoms with Crippen molar-refractivity contribution in [2.45, 2.75) is 39.7 Å². The van der Waals surface area contributed by atoms with E-state index in [-0.39, 0.29) is 5.91 Å². The van der Waals surface area contributed by atoms with Gasteiger partial charge in [-0.05, 0) is 18.9 Å². The molecule has 0 saturated carbocycles. The Morgan fingerprint density at radius 2 is 1.86 bits per heavy atom. The van der Waals surface area contributed by atoms with E-state index in [1.165, 1.54) is 0 Å². The first kappa shape index (κ1) is 18.0. The number of carbonyl (C=O) groups excluding carboxylic acids is 1. The molecule has 0 spiro atoms. The van der Waals surface area contributed by atoms with Crippen molar-refractivity contribution in [3.8, 4) is 0 Å². The molecule has 0 aliphatic heterocycles. The highest BCUT2D eigenvalue weighted by molar-refractivity contribution is 5.81. The quantitative estimate of drug-likeness (QED) is 0.372. The molecule has 0 bridgehead atoms. The Hall–Kier alpha value is -2.04. The molecule has 1 aromatic carbocycles. The molecular formula is C17H28N4O. The van der Waals surface area contributed by atoms with Crippen LogP contribution in [0.1, 0.15) is 38.7 Å². The van der Waals surface area contributed by atoms with Crippen molar-refractivity contribution in [3.05, 3.63) is 35.9 Å². The van der Waals surface area contributed by atoms with Gasteiger partial charge in [0.1, 0.15) is 0 Å². The molecule has 5 heteroatoms. The standard InChI is InChI=1S/C17H28N4O/c1-3-5-12-19-17(18-4-2)20-13-11-16(22)21-14-15-9-7-6-8-10-15/h6-10H,3-5,11-14H2,1-2H3,(H,21,22)(H2,18,19,20). The number of aliphatic imine (C=N–C) groups is 1. The Kier molecular flexibility index (Phi) is 9.50. The van der Waals surface area contributed by atoms with Crippen molar-refractivity contribution in [2.24, 2.45) is 4.99 Å². The summed E-state index contributed by atoms with van der Waals surface area (Å²) in [6.07, 6.45) is 2.64. The van der Waals surface area contributed by atoms with Crippen LogP contribution in [0.25, 0.3) is 0 Å². The summed E-state index contributed by atoms with van der Waals surface area (Å²) in [6.45, 7) is 6.96. The van der Waals surface area contributed by atoms with Gasteiger partial charge in [-0.3, -0.25) is 9.79 Å². The summed E-state index contributed by atoms with van der Waals surface area (Å²) in [5.41, 5.74) is 1.11. The number of rotatable bonds is 9. The Bertz CT molecular complexity index is 445. The number of guanidine groups is 1. The lowest BCUT2D eigenvalue weighted by molar-refractivity contribution is -0.121. The molecule has 3 N–H and O–H groups in total. The Labute approximate surface area is 133 Å². The van der Waals surface area contributed by atoms with Gasteiger partial charge in [0.2, 0.25) is 5.91 Å². The van der Waals surface area contributed by atoms with Gasteiger partial charge in [0, 0.05) is 32.6 Å². The van der Waals surface area contributed by atoms with Crippen molar-refractivity contribution in [1.82, 2.24) is 16.0 Å². The van der Waals surface area contributed by atoms with Gasteiger partial charge in [0.25, 0.3) is 0 Å². The van der Waals surface area contributed by atoms with Gasteiger partial charge in [0.05, 0.1) is 0 Å². The van der Waals surface area contributed by atoms with E-state index in [2.05, 4.69) is 27.9 Å². The molecule has 22 heavy (non-hydrogen) atoms. The largest absolute Gasteiger partial charge is 0.357 e. The second-order valence-corrected chi connectivity index (χ2v) is 5.05. The van der Waals surface area contributed by atoms with Gasteiger partial charge in [-0.2, -0.15) is 0 Å². The summed E-state index contributed by atoms with van der Waals surface area (Å²) < 4.78 is 0. The van der Waals surface area contributed by atoms with Gasteiger partial charge in [-0.25, -0.2) is 0 Å². The Morgan fingerprint density at radius 3 is 2.55 bits per heavy atom. The lowest BCUT2D eigenvalue weighted by Gasteiger charge is -2.11. The minimum absolute atomic E-state index is 0.0424. The zero-order chi connectivity index (χ0) is 16.0. The summed E-state index contributed by atoms with van der Waals surface area (Å²) in [4.78, 5) is 16.3. The first-order valence-corrected chi connectivity index (χ1v) is 8.09. The number of nitrogens with zero attached hydrogens (tertiary/aromatic N) is 1. The van der Waals surface area contributed by atoms with Gasteiger partial charge in [0.15, 0.2) is 5.96 Å². The van der Waals surface area contributed by atoms with Crippen LogP contribution in [0.15, 0.2) is 35.3 Å². The van der Waals surface area contributed by atoms with Gasteiger partial charge in [-0.15, -0.1) is 0 Å². The summed E-state index contributed by atoms with van der Waals surface area (Å²) in [5.74, 6) is 0.826. The third kappa shape index (κ3) is 8.29. The second-order valence-electron chi connectivity index (χ2n) is 5.05. The van der Waals surface area contributed by atoms with E-state index < -0.39 is 0 Å². The van der Waals surface area contributed by atoms with Crippen LogP contribution in [0.4, 0.5) is 0 Å². The molecule has 0 radical (unpaired) electrons. The Morgan fingerprint density at radius 1 is 1.09 bits per heavy atom. The van der Waals surface area contributed by atoms with Crippen molar-refractivity contribution in [1.29, 1.82) is 0 Å². The fourth-order valence-corrected chi connectivity index (χ4v) is 1.87. The first-order chi connectivity index (χ1) is 10.8. The van der Waals surface area contributed by atoms with Crippen LogP contribution in [0, 0.1) is 0 Å². The fraction of sp³-hybridized carbons (Fsp3) is 0.529. The summed E-state index contributed by atoms with van der Waals surface area (Å²) in [6, 6.07) is 9.91. The van der Waals surface area contributed by atoms with Crippen molar-refractivity contribution >= 4 is 11.9 Å². The number of unbranched alkanes of at least 4 members (excludes halogenated alkanes) is 1. The number of amides is 1. The first-order valence-electron chi connectivity index (χ1n) is 8.09. The fourth-order valence-electron chi connectivity index (χ4n) is 1.87. The molecule has 0 heterocycles. The molecule has 0 aliphatic rings. The number of benzene rings is 1. The highest BCUT2D eigenvalue weighted by Gasteiger charge is 2.02. The number of hydrogen-bond acceptors (Lipinski definition) is 2. The summed E-state index contributed by atoms with van der Waals surface area (Å²) >= 11 is 0. The molecule has 122 valence electrons. The van der Waals surface area contributed by atoms with Gasteiger partial charge < -0.3 is 16.0 Å². The molecular weight excluding hydrogens is 276 g/mol. The van der Waals surface area contributed by atoms with E-state index in [0.29, 0.717) is 19.5 Å². The maximum absolute atomic E-state index is 11.8. The molecule has 1 aromatic rings. The smallest absolute Gasteiger partial charge is 0.222 e. The zero-order valence-corrected chi connectivity index (χ0v) is 13.7. The van der Waals surface area contributed by atoms with Crippen molar-refractivity contribution in [3.63, 3.8) is 0 Å². The molecule has 1 amide bonds. The highest BCUT2D eigenvalue weighted by Crippen LogP contribution is 1.97. The summed E-state index contributed by atoms with van der Waals surface area (Å²) in [5, 5.41) is 9.28. The predicted octanol–water partition coefficient (Wildman–Crippen LogP) is 2.05. The van der Waals surface area contributed by atoms with Crippen LogP contribution in [0.2, 0.25) is 0 Å². The molecule has 0 atom stereocenters. The molecule has 0 aromatic heterocycles. The maximum Gasteiger partial charge on any atom is 0.222 e. The van der Waals surface area contributed by atoms with Crippen LogP contribution >= 0.6 is 0 Å². The van der Waals surface area contributed by atoms with E-state index >= 15 is 0 Å². The van der Waals surface area contributed by atoms with E-state index in [1.807, 2.05) is 37.3 Å². The van der Waals surface area contributed by atoms with Crippen LogP contribution < -0.4 is 16.0 Å². The molecule has 0 unspecified atom stereocenters. The van der Waals surface area contributed by atoms with E-state index in [4.69, 9.17) is 0 Å². The van der Waals surface area contributed by atoms with Crippen LogP contribution in [-0.4, -0.2) is 31.5 Å². The van der Waals surface area contributed by atoms with Crippen molar-refractivity contribution in [2.75, 3.05) is 19.6 Å². The molecule has 0 aliphatic carbocycles. The summed E-state index contributed by atoms with van der Waals surface area (Å²) in [7, 11) is 0. The van der Waals surface area contributed by atoms with Crippen LogP contribution in [0.5, 0.6) is 0 Å². The average Bonchev–Trinajstić information content (AvgIpc) is 2.54. The molecule has 0 fully saturated rings. The number of nitrogens with one attached hydrogen (secondary N) is 3. The lowest BCUT2D eigenvalue weighted by Crippen LogP contribution is -2.39. The predicted molar refractivity (Wildman–Crippen MR) is 91.8 cm³/mol. The Balaban J connectivity index is 2.23. The maximum atomic E-state index is 11.8. The second kappa shape index (κ2) is 11.6. The monoisotopic (exact) mass is 304 g/mol.